The van der Waals surface area contributed by atoms with Crippen LogP contribution in [0, 0.1) is 5.41 Å². The second kappa shape index (κ2) is 14.4. The Hall–Kier alpha value is -0.820. The van der Waals surface area contributed by atoms with Gasteiger partial charge in [-0.2, -0.15) is 0 Å². The van der Waals surface area contributed by atoms with Gasteiger partial charge in [0.1, 0.15) is 0 Å². The first-order valence-corrected chi connectivity index (χ1v) is 9.21. The molecule has 0 spiro atoms. The number of nitrogens with zero attached hydrogens (tertiary/aromatic N) is 1. The van der Waals surface area contributed by atoms with Gasteiger partial charge in [0.2, 0.25) is 0 Å². The molecular formula is C20H36IN3O. The van der Waals surface area contributed by atoms with Crippen LogP contribution in [0.4, 0.5) is 0 Å². The molecule has 1 rings (SSSR count). The van der Waals surface area contributed by atoms with E-state index >= 15 is 0 Å². The predicted molar refractivity (Wildman–Crippen MR) is 119 cm³/mol. The van der Waals surface area contributed by atoms with Gasteiger partial charge < -0.3 is 15.4 Å². The molecule has 0 aromatic heterocycles. The molecule has 25 heavy (non-hydrogen) atoms. The van der Waals surface area contributed by atoms with Gasteiger partial charge in [-0.1, -0.05) is 44.2 Å². The topological polar surface area (TPSA) is 45.7 Å². The molecule has 0 aliphatic rings. The third kappa shape index (κ3) is 12.2. The highest BCUT2D eigenvalue weighted by molar-refractivity contribution is 14.0. The number of rotatable bonds is 11. The normalized spacial score (nSPS) is 11.8. The minimum atomic E-state index is 0. The van der Waals surface area contributed by atoms with Crippen LogP contribution in [0.25, 0.3) is 0 Å². The number of aliphatic imine (C=N–C) groups is 1. The fourth-order valence-corrected chi connectivity index (χ4v) is 2.52. The van der Waals surface area contributed by atoms with Crippen LogP contribution >= 0.6 is 24.0 Å². The summed E-state index contributed by atoms with van der Waals surface area (Å²) in [5.41, 5.74) is 1.50. The molecule has 0 radical (unpaired) electrons. The number of hydrogen-bond donors (Lipinski definition) is 2. The van der Waals surface area contributed by atoms with Crippen LogP contribution < -0.4 is 10.6 Å². The largest absolute Gasteiger partial charge is 0.382 e. The Balaban J connectivity index is 0.00000576. The van der Waals surface area contributed by atoms with E-state index in [-0.39, 0.29) is 29.4 Å². The highest BCUT2D eigenvalue weighted by Gasteiger charge is 2.18. The number of benzene rings is 1. The van der Waals surface area contributed by atoms with E-state index in [0.29, 0.717) is 0 Å². The first-order valence-electron chi connectivity index (χ1n) is 9.21. The van der Waals surface area contributed by atoms with Gasteiger partial charge in [-0.25, -0.2) is 0 Å². The van der Waals surface area contributed by atoms with Crippen LogP contribution in [0.2, 0.25) is 0 Å². The quantitative estimate of drug-likeness (QED) is 0.224. The van der Waals surface area contributed by atoms with E-state index in [1.165, 1.54) is 5.56 Å². The molecule has 0 amide bonds. The minimum absolute atomic E-state index is 0. The van der Waals surface area contributed by atoms with Crippen LogP contribution in [0.3, 0.4) is 0 Å². The minimum Gasteiger partial charge on any atom is -0.382 e. The van der Waals surface area contributed by atoms with Crippen LogP contribution in [-0.4, -0.2) is 38.8 Å². The van der Waals surface area contributed by atoms with Crippen molar-refractivity contribution in [2.45, 2.75) is 47.0 Å². The van der Waals surface area contributed by atoms with Crippen molar-refractivity contribution in [3.8, 4) is 0 Å². The summed E-state index contributed by atoms with van der Waals surface area (Å²) < 4.78 is 5.36. The maximum absolute atomic E-state index is 5.36. The van der Waals surface area contributed by atoms with Crippen molar-refractivity contribution in [2.24, 2.45) is 10.4 Å². The van der Waals surface area contributed by atoms with Crippen molar-refractivity contribution in [1.29, 1.82) is 0 Å². The molecule has 2 N–H and O–H groups in total. The number of guanidine groups is 1. The zero-order valence-corrected chi connectivity index (χ0v) is 18.6. The molecule has 0 saturated heterocycles. The Morgan fingerprint density at radius 1 is 1.08 bits per heavy atom. The molecule has 0 bridgehead atoms. The molecule has 0 heterocycles. The lowest BCUT2D eigenvalue weighted by Crippen LogP contribution is -2.38. The summed E-state index contributed by atoms with van der Waals surface area (Å²) in [6, 6.07) is 10.6. The van der Waals surface area contributed by atoms with Gasteiger partial charge in [0.25, 0.3) is 0 Å². The first kappa shape index (κ1) is 24.2. The summed E-state index contributed by atoms with van der Waals surface area (Å²) in [4.78, 5) is 4.78. The van der Waals surface area contributed by atoms with Gasteiger partial charge in [0, 0.05) is 32.8 Å². The molecule has 0 unspecified atom stereocenters. The van der Waals surface area contributed by atoms with Crippen LogP contribution in [0.15, 0.2) is 35.3 Å². The molecule has 1 aromatic carbocycles. The summed E-state index contributed by atoms with van der Waals surface area (Å²) >= 11 is 0. The predicted octanol–water partition coefficient (Wildman–Crippen LogP) is 4.25. The maximum Gasteiger partial charge on any atom is 0.191 e. The molecule has 144 valence electrons. The van der Waals surface area contributed by atoms with E-state index < -0.39 is 0 Å². The molecule has 5 heteroatoms. The number of unbranched alkanes of at least 4 members (excludes halogenated alkanes) is 1. The Morgan fingerprint density at radius 2 is 1.80 bits per heavy atom. The molecular weight excluding hydrogens is 425 g/mol. The van der Waals surface area contributed by atoms with Crippen molar-refractivity contribution in [3.63, 3.8) is 0 Å². The number of nitrogens with one attached hydrogen (secondary N) is 2. The maximum atomic E-state index is 5.36. The highest BCUT2D eigenvalue weighted by atomic mass is 127. The molecule has 0 aliphatic carbocycles. The van der Waals surface area contributed by atoms with Gasteiger partial charge in [-0.05, 0) is 44.1 Å². The summed E-state index contributed by atoms with van der Waals surface area (Å²) in [7, 11) is 0. The molecule has 0 fully saturated rings. The van der Waals surface area contributed by atoms with E-state index in [4.69, 9.17) is 9.73 Å². The van der Waals surface area contributed by atoms with E-state index in [9.17, 15) is 0 Å². The highest BCUT2D eigenvalue weighted by Crippen LogP contribution is 2.22. The monoisotopic (exact) mass is 461 g/mol. The third-order valence-electron chi connectivity index (χ3n) is 3.75. The number of hydrogen-bond acceptors (Lipinski definition) is 2. The molecule has 1 aromatic rings. The van der Waals surface area contributed by atoms with Crippen molar-refractivity contribution < 1.29 is 4.74 Å². The Morgan fingerprint density at radius 3 is 2.44 bits per heavy atom. The van der Waals surface area contributed by atoms with Crippen molar-refractivity contribution in [2.75, 3.05) is 32.8 Å². The summed E-state index contributed by atoms with van der Waals surface area (Å²) in [6.07, 6.45) is 3.21. The SMILES string of the molecule is CCNC(=NCC(C)(C)Cc1ccccc1)NCCCCOCC.I. The van der Waals surface area contributed by atoms with E-state index in [1.807, 2.05) is 6.92 Å². The summed E-state index contributed by atoms with van der Waals surface area (Å²) in [5.74, 6) is 0.912. The van der Waals surface area contributed by atoms with Crippen molar-refractivity contribution in [1.82, 2.24) is 10.6 Å². The standard InChI is InChI=1S/C20H35N3O.HI/c1-5-21-19(22-14-10-11-15-24-6-2)23-17-20(3,4)16-18-12-8-7-9-13-18;/h7-9,12-13H,5-6,10-11,14-17H2,1-4H3,(H2,21,22,23);1H. The van der Waals surface area contributed by atoms with Crippen molar-refractivity contribution >= 4 is 29.9 Å². The fraction of sp³-hybridized carbons (Fsp3) is 0.650. The van der Waals surface area contributed by atoms with Gasteiger partial charge in [0.15, 0.2) is 5.96 Å². The van der Waals surface area contributed by atoms with Crippen molar-refractivity contribution in [3.05, 3.63) is 35.9 Å². The third-order valence-corrected chi connectivity index (χ3v) is 3.75. The molecule has 0 saturated carbocycles. The van der Waals surface area contributed by atoms with E-state index in [0.717, 1.165) is 58.1 Å². The second-order valence-electron chi connectivity index (χ2n) is 6.85. The lowest BCUT2D eigenvalue weighted by atomic mass is 9.86. The lowest BCUT2D eigenvalue weighted by Gasteiger charge is -2.23. The number of ether oxygens (including phenoxy) is 1. The lowest BCUT2D eigenvalue weighted by molar-refractivity contribution is 0.143. The van der Waals surface area contributed by atoms with E-state index in [1.54, 1.807) is 0 Å². The fourth-order valence-electron chi connectivity index (χ4n) is 2.52. The smallest absolute Gasteiger partial charge is 0.191 e. The summed E-state index contributed by atoms with van der Waals surface area (Å²) in [6.45, 7) is 12.9. The van der Waals surface area contributed by atoms with Gasteiger partial charge >= 0.3 is 0 Å². The van der Waals surface area contributed by atoms with Gasteiger partial charge in [-0.3, -0.25) is 4.99 Å². The second-order valence-corrected chi connectivity index (χ2v) is 6.85. The average molecular weight is 461 g/mol. The Labute approximate surface area is 171 Å². The Kier molecular flexibility index (Phi) is 13.9. The van der Waals surface area contributed by atoms with Gasteiger partial charge in [-0.15, -0.1) is 24.0 Å². The molecule has 0 atom stereocenters. The first-order chi connectivity index (χ1) is 11.6. The van der Waals surface area contributed by atoms with Crippen LogP contribution in [0.1, 0.15) is 46.1 Å². The molecule has 0 aliphatic heterocycles. The number of halogens is 1. The van der Waals surface area contributed by atoms with Crippen LogP contribution in [-0.2, 0) is 11.2 Å². The zero-order valence-electron chi connectivity index (χ0n) is 16.3. The molecule has 4 nitrogen and oxygen atoms in total. The average Bonchev–Trinajstić information content (AvgIpc) is 2.56. The van der Waals surface area contributed by atoms with Crippen LogP contribution in [0.5, 0.6) is 0 Å². The Bertz CT molecular complexity index is 463. The van der Waals surface area contributed by atoms with E-state index in [2.05, 4.69) is 61.7 Å². The van der Waals surface area contributed by atoms with Gasteiger partial charge in [0.05, 0.1) is 0 Å². The zero-order chi connectivity index (χ0) is 17.7. The summed E-state index contributed by atoms with van der Waals surface area (Å²) in [5, 5.41) is 6.75.